The molecule has 7 nitrogen and oxygen atoms in total. The largest absolute Gasteiger partial charge is 0.495 e. The monoisotopic (exact) mass is 389 g/mol. The second-order valence-corrected chi connectivity index (χ2v) is 5.60. The zero-order valence-electron chi connectivity index (χ0n) is 15.9. The highest BCUT2D eigenvalue weighted by molar-refractivity contribution is 7.79. The van der Waals surface area contributed by atoms with Crippen LogP contribution in [0.4, 0.5) is 5.69 Å². The maximum Gasteiger partial charge on any atom is 0.203 e. The molecule has 0 unspecified atom stereocenters. The second-order valence-electron chi connectivity index (χ2n) is 5.40. The van der Waals surface area contributed by atoms with Gasteiger partial charge in [0.05, 0.1) is 39.8 Å². The average molecular weight is 389 g/mol. The second kappa shape index (κ2) is 9.18. The fourth-order valence-electron chi connectivity index (χ4n) is 2.67. The van der Waals surface area contributed by atoms with Gasteiger partial charge in [-0.05, 0) is 43.1 Å². The van der Waals surface area contributed by atoms with Gasteiger partial charge in [0, 0.05) is 18.2 Å². The first-order valence-electron chi connectivity index (χ1n) is 8.02. The Morgan fingerprint density at radius 2 is 1.48 bits per heavy atom. The van der Waals surface area contributed by atoms with E-state index in [0.717, 1.165) is 5.69 Å². The Morgan fingerprint density at radius 3 is 1.93 bits per heavy atom. The lowest BCUT2D eigenvalue weighted by Gasteiger charge is -2.16. The number of ether oxygens (including phenoxy) is 4. The quantitative estimate of drug-likeness (QED) is 0.476. The summed E-state index contributed by atoms with van der Waals surface area (Å²) in [4.78, 5) is 0. The van der Waals surface area contributed by atoms with Crippen LogP contribution in [0.25, 0.3) is 0 Å². The number of anilines is 1. The van der Waals surface area contributed by atoms with Crippen LogP contribution in [-0.2, 0) is 0 Å². The molecule has 2 aromatic rings. The highest BCUT2D eigenvalue weighted by atomic mass is 32.1. The van der Waals surface area contributed by atoms with Crippen LogP contribution in [0.15, 0.2) is 34.7 Å². The molecule has 8 heteroatoms. The average Bonchev–Trinajstić information content (AvgIpc) is 2.72. The molecule has 0 bridgehead atoms. The first-order valence-corrected chi connectivity index (χ1v) is 8.42. The lowest BCUT2D eigenvalue weighted by atomic mass is 9.98. The van der Waals surface area contributed by atoms with E-state index in [1.54, 1.807) is 38.4 Å². The number of nitrogens with one attached hydrogen (secondary N) is 2. The Labute approximate surface area is 164 Å². The van der Waals surface area contributed by atoms with Crippen molar-refractivity contribution in [2.75, 3.05) is 40.8 Å². The Balaban J connectivity index is 2.52. The molecule has 0 aromatic heterocycles. The van der Waals surface area contributed by atoms with Gasteiger partial charge in [0.15, 0.2) is 11.5 Å². The van der Waals surface area contributed by atoms with Crippen LogP contribution in [0.3, 0.4) is 0 Å². The summed E-state index contributed by atoms with van der Waals surface area (Å²) < 4.78 is 25.4. The number of hydrogen-bond acceptors (Lipinski definition) is 8. The van der Waals surface area contributed by atoms with E-state index in [1.165, 1.54) is 21.3 Å². The van der Waals surface area contributed by atoms with Crippen molar-refractivity contribution in [1.82, 2.24) is 0 Å². The van der Waals surface area contributed by atoms with Crippen molar-refractivity contribution in [3.63, 3.8) is 0 Å². The van der Waals surface area contributed by atoms with E-state index in [2.05, 4.69) is 22.5 Å². The Morgan fingerprint density at radius 1 is 0.889 bits per heavy atom. The molecule has 0 amide bonds. The van der Waals surface area contributed by atoms with Crippen LogP contribution in [0, 0.1) is 5.41 Å². The van der Waals surface area contributed by atoms with Gasteiger partial charge in [0.2, 0.25) is 5.75 Å². The normalized spacial score (nSPS) is 11.0. The summed E-state index contributed by atoms with van der Waals surface area (Å²) in [5.74, 6) is 2.10. The summed E-state index contributed by atoms with van der Waals surface area (Å²) in [7, 11) is 7.99. The van der Waals surface area contributed by atoms with Crippen molar-refractivity contribution in [3.8, 4) is 23.0 Å². The smallest absolute Gasteiger partial charge is 0.203 e. The van der Waals surface area contributed by atoms with Crippen LogP contribution >= 0.6 is 12.8 Å². The third kappa shape index (κ3) is 4.11. The highest BCUT2D eigenvalue weighted by Crippen LogP contribution is 2.38. The van der Waals surface area contributed by atoms with Crippen molar-refractivity contribution in [1.29, 1.82) is 5.41 Å². The van der Waals surface area contributed by atoms with Crippen molar-refractivity contribution in [2.24, 2.45) is 4.40 Å². The van der Waals surface area contributed by atoms with Crippen molar-refractivity contribution >= 4 is 29.9 Å². The maximum absolute atomic E-state index is 8.62. The third-order valence-corrected chi connectivity index (χ3v) is 4.23. The van der Waals surface area contributed by atoms with E-state index >= 15 is 0 Å². The van der Waals surface area contributed by atoms with Crippen LogP contribution < -0.4 is 24.3 Å². The van der Waals surface area contributed by atoms with E-state index < -0.39 is 0 Å². The van der Waals surface area contributed by atoms with Gasteiger partial charge < -0.3 is 24.3 Å². The van der Waals surface area contributed by atoms with E-state index in [0.29, 0.717) is 39.8 Å². The van der Waals surface area contributed by atoms with Gasteiger partial charge in [-0.15, -0.1) is 0 Å². The molecule has 2 aromatic carbocycles. The molecule has 0 aliphatic heterocycles. The molecule has 0 spiro atoms. The van der Waals surface area contributed by atoms with E-state index in [4.69, 9.17) is 24.4 Å². The van der Waals surface area contributed by atoms with Crippen LogP contribution in [0.1, 0.15) is 11.1 Å². The molecule has 0 saturated heterocycles. The highest BCUT2D eigenvalue weighted by Gasteiger charge is 2.20. The summed E-state index contributed by atoms with van der Waals surface area (Å²) in [6.07, 6.45) is 0. The summed E-state index contributed by atoms with van der Waals surface area (Å²) in [5, 5.41) is 11.7. The van der Waals surface area contributed by atoms with Gasteiger partial charge in [-0.3, -0.25) is 5.41 Å². The lowest BCUT2D eigenvalue weighted by molar-refractivity contribution is 0.324. The molecule has 0 aliphatic carbocycles. The predicted molar refractivity (Wildman–Crippen MR) is 111 cm³/mol. The lowest BCUT2D eigenvalue weighted by Crippen LogP contribution is -2.16. The van der Waals surface area contributed by atoms with Crippen molar-refractivity contribution in [3.05, 3.63) is 41.5 Å². The minimum atomic E-state index is 0.193. The zero-order valence-corrected chi connectivity index (χ0v) is 16.8. The van der Waals surface area contributed by atoms with E-state index in [1.807, 2.05) is 6.07 Å². The number of rotatable bonds is 8. The predicted octanol–water partition coefficient (Wildman–Crippen LogP) is 3.46. The molecule has 0 radical (unpaired) electrons. The van der Waals surface area contributed by atoms with Crippen LogP contribution in [0.2, 0.25) is 0 Å². The molecular weight excluding hydrogens is 366 g/mol. The molecule has 0 atom stereocenters. The molecule has 144 valence electrons. The molecule has 0 aliphatic rings. The summed E-state index contributed by atoms with van der Waals surface area (Å²) in [5.41, 5.74) is 2.60. The minimum absolute atomic E-state index is 0.193. The summed E-state index contributed by atoms with van der Waals surface area (Å²) in [6.45, 7) is 0. The molecule has 2 N–H and O–H groups in total. The van der Waals surface area contributed by atoms with Crippen molar-refractivity contribution < 1.29 is 18.9 Å². The van der Waals surface area contributed by atoms with Crippen LogP contribution in [0.5, 0.6) is 23.0 Å². The number of methoxy groups -OCH3 is 4. The third-order valence-electron chi connectivity index (χ3n) is 4.03. The van der Waals surface area contributed by atoms with Gasteiger partial charge in [0.25, 0.3) is 0 Å². The summed E-state index contributed by atoms with van der Waals surface area (Å²) in [6, 6.07) is 8.86. The molecule has 0 heterocycles. The van der Waals surface area contributed by atoms with E-state index in [-0.39, 0.29) is 5.71 Å². The molecular formula is C19H23N3O4S. The maximum atomic E-state index is 8.62. The number of hydrogen-bond donors (Lipinski definition) is 3. The number of benzene rings is 2. The standard InChI is InChI=1S/C19H23N3O4S/c1-21-13-8-11(6-7-14(13)23-2)17(20)18(22-27)12-9-15(24-3)19(26-5)16(10-12)25-4/h6-10,20-21,27H,1-5H3. The minimum Gasteiger partial charge on any atom is -0.495 e. The topological polar surface area (TPSA) is 85.2 Å². The first-order chi connectivity index (χ1) is 13.0. The van der Waals surface area contributed by atoms with Gasteiger partial charge in [0.1, 0.15) is 11.5 Å². The van der Waals surface area contributed by atoms with Gasteiger partial charge >= 0.3 is 0 Å². The van der Waals surface area contributed by atoms with Crippen LogP contribution in [-0.4, -0.2) is 46.9 Å². The van der Waals surface area contributed by atoms with Crippen molar-refractivity contribution in [2.45, 2.75) is 0 Å². The number of thiol groups is 1. The Bertz CT molecular complexity index is 843. The first kappa shape index (κ1) is 20.4. The molecule has 27 heavy (non-hydrogen) atoms. The van der Waals surface area contributed by atoms with E-state index in [9.17, 15) is 0 Å². The Hall–Kier alpha value is -2.87. The fourth-order valence-corrected chi connectivity index (χ4v) is 2.88. The Kier molecular flexibility index (Phi) is 6.95. The molecule has 0 fully saturated rings. The fraction of sp³-hybridized carbons (Fsp3) is 0.263. The SMILES string of the molecule is CNc1cc(C(=N)C(=NS)c2cc(OC)c(OC)c(OC)c2)ccc1OC. The zero-order chi connectivity index (χ0) is 20.0. The van der Waals surface area contributed by atoms with Gasteiger partial charge in [-0.2, -0.15) is 0 Å². The molecule has 0 saturated carbocycles. The summed E-state index contributed by atoms with van der Waals surface area (Å²) >= 11 is 4.07. The molecule has 2 rings (SSSR count). The van der Waals surface area contributed by atoms with Gasteiger partial charge in [-0.25, -0.2) is 4.40 Å². The van der Waals surface area contributed by atoms with Gasteiger partial charge in [-0.1, -0.05) is 0 Å². The number of nitrogens with zero attached hydrogens (tertiary/aromatic N) is 1.